The lowest BCUT2D eigenvalue weighted by molar-refractivity contribution is -0.206. The summed E-state index contributed by atoms with van der Waals surface area (Å²) < 4.78 is 101. The number of tetrazole rings is 1. The highest BCUT2D eigenvalue weighted by molar-refractivity contribution is 5.87. The third-order valence-electron chi connectivity index (χ3n) is 8.25. The van der Waals surface area contributed by atoms with E-state index in [4.69, 9.17) is 0 Å². The third kappa shape index (κ3) is 6.65. The number of aromatic nitrogens is 5. The zero-order valence-corrected chi connectivity index (χ0v) is 25.9. The lowest BCUT2D eigenvalue weighted by Gasteiger charge is -2.37. The number of pyridine rings is 1. The van der Waals surface area contributed by atoms with Gasteiger partial charge in [0.25, 0.3) is 0 Å². The Labute approximate surface area is 274 Å². The van der Waals surface area contributed by atoms with Crippen LogP contribution in [0.25, 0.3) is 27.9 Å². The van der Waals surface area contributed by atoms with Crippen molar-refractivity contribution in [3.63, 3.8) is 0 Å². The van der Waals surface area contributed by atoms with Crippen LogP contribution in [0, 0.1) is 23.4 Å². The van der Waals surface area contributed by atoms with Crippen molar-refractivity contribution in [3.8, 4) is 27.9 Å². The minimum Gasteiger partial charge on any atom is -0.384 e. The molecule has 1 aliphatic heterocycles. The van der Waals surface area contributed by atoms with E-state index in [0.29, 0.717) is 43.6 Å². The molecule has 16 heteroatoms. The maximum absolute atomic E-state index is 16.5. The Balaban J connectivity index is 1.37. The summed E-state index contributed by atoms with van der Waals surface area (Å²) in [6.07, 6.45) is -6.34. The number of benzene rings is 3. The van der Waals surface area contributed by atoms with Gasteiger partial charge in [-0.25, -0.2) is 18.2 Å². The molecule has 1 saturated heterocycles. The van der Waals surface area contributed by atoms with Gasteiger partial charge < -0.3 is 20.0 Å². The van der Waals surface area contributed by atoms with E-state index in [2.05, 4.69) is 20.5 Å². The molecule has 49 heavy (non-hydrogen) atoms. The summed E-state index contributed by atoms with van der Waals surface area (Å²) in [5.74, 6) is -4.32. The van der Waals surface area contributed by atoms with Crippen molar-refractivity contribution in [3.05, 3.63) is 102 Å². The molecule has 2 aromatic heterocycles. The van der Waals surface area contributed by atoms with Gasteiger partial charge in [-0.2, -0.15) is 22.2 Å². The zero-order chi connectivity index (χ0) is 35.2. The maximum atomic E-state index is 16.5. The number of halogens is 7. The van der Waals surface area contributed by atoms with Gasteiger partial charge in [0.1, 0.15) is 34.9 Å². The molecule has 256 valence electrons. The molecule has 0 unspecified atom stereocenters. The van der Waals surface area contributed by atoms with Gasteiger partial charge in [0.05, 0.1) is 5.56 Å². The molecule has 3 heterocycles. The summed E-state index contributed by atoms with van der Waals surface area (Å²) in [7, 11) is 0. The van der Waals surface area contributed by atoms with Crippen LogP contribution < -0.4 is 9.80 Å². The minimum atomic E-state index is -4.79. The lowest BCUT2D eigenvalue weighted by atomic mass is 9.92. The predicted octanol–water partition coefficient (Wildman–Crippen LogP) is 6.10. The highest BCUT2D eigenvalue weighted by atomic mass is 19.4. The van der Waals surface area contributed by atoms with Crippen molar-refractivity contribution >= 4 is 11.4 Å². The van der Waals surface area contributed by atoms with E-state index in [1.54, 1.807) is 6.07 Å². The molecule has 9 nitrogen and oxygen atoms in total. The SMILES string of the molecule is CC(C)(O)c1nc(F)c(-c2ccc(N3CCN(c4ccc([C@@H](O)C(F)(F)F)cc4)CC3)cc2-c2ccc(F)cc2F)c(F)c1-n1cnnn1. The van der Waals surface area contributed by atoms with E-state index in [0.717, 1.165) is 23.1 Å². The summed E-state index contributed by atoms with van der Waals surface area (Å²) in [5.41, 5.74) is -2.64. The van der Waals surface area contributed by atoms with Gasteiger partial charge in [0.15, 0.2) is 11.9 Å². The van der Waals surface area contributed by atoms with Crippen LogP contribution in [0.2, 0.25) is 0 Å². The number of aliphatic hydroxyl groups excluding tert-OH is 1. The van der Waals surface area contributed by atoms with Crippen molar-refractivity contribution in [2.24, 2.45) is 0 Å². The van der Waals surface area contributed by atoms with Crippen LogP contribution in [-0.4, -0.2) is 67.8 Å². The average molecular weight is 688 g/mol. The first-order valence-electron chi connectivity index (χ1n) is 14.9. The number of hydrogen-bond acceptors (Lipinski definition) is 8. The highest BCUT2D eigenvalue weighted by Crippen LogP contribution is 2.42. The van der Waals surface area contributed by atoms with Crippen LogP contribution in [-0.2, 0) is 5.60 Å². The molecule has 6 rings (SSSR count). The summed E-state index contributed by atoms with van der Waals surface area (Å²) in [6, 6.07) is 12.7. The number of piperazine rings is 1. The summed E-state index contributed by atoms with van der Waals surface area (Å²) in [4.78, 5) is 7.75. The van der Waals surface area contributed by atoms with Crippen LogP contribution in [0.1, 0.15) is 31.2 Å². The first-order chi connectivity index (χ1) is 23.1. The fourth-order valence-corrected chi connectivity index (χ4v) is 5.81. The van der Waals surface area contributed by atoms with Crippen LogP contribution in [0.5, 0.6) is 0 Å². The van der Waals surface area contributed by atoms with Crippen LogP contribution in [0.15, 0.2) is 67.0 Å². The first kappa shape index (κ1) is 33.8. The summed E-state index contributed by atoms with van der Waals surface area (Å²) in [6.45, 7) is 4.25. The van der Waals surface area contributed by atoms with Gasteiger partial charge in [0, 0.05) is 49.2 Å². The fourth-order valence-electron chi connectivity index (χ4n) is 5.81. The second-order valence-electron chi connectivity index (χ2n) is 12.0. The minimum absolute atomic E-state index is 0.0227. The molecule has 0 radical (unpaired) electrons. The molecule has 1 fully saturated rings. The molecule has 1 aliphatic rings. The van der Waals surface area contributed by atoms with Gasteiger partial charge in [-0.1, -0.05) is 18.2 Å². The van der Waals surface area contributed by atoms with Crippen molar-refractivity contribution in [1.29, 1.82) is 0 Å². The first-order valence-corrected chi connectivity index (χ1v) is 14.9. The molecule has 0 aliphatic carbocycles. The predicted molar refractivity (Wildman–Crippen MR) is 165 cm³/mol. The van der Waals surface area contributed by atoms with E-state index in [1.165, 1.54) is 50.2 Å². The molecule has 0 amide bonds. The second kappa shape index (κ2) is 12.7. The normalized spacial score (nSPS) is 14.8. The van der Waals surface area contributed by atoms with Crippen molar-refractivity contribution in [1.82, 2.24) is 25.2 Å². The molecular weight excluding hydrogens is 659 g/mol. The van der Waals surface area contributed by atoms with Crippen LogP contribution in [0.4, 0.5) is 42.1 Å². The van der Waals surface area contributed by atoms with E-state index in [9.17, 15) is 27.8 Å². The van der Waals surface area contributed by atoms with Gasteiger partial charge in [-0.15, -0.1) is 5.10 Å². The number of anilines is 2. The van der Waals surface area contributed by atoms with E-state index >= 15 is 13.2 Å². The molecule has 1 atom stereocenters. The van der Waals surface area contributed by atoms with Crippen molar-refractivity contribution in [2.75, 3.05) is 36.0 Å². The summed E-state index contributed by atoms with van der Waals surface area (Å²) >= 11 is 0. The molecule has 5 aromatic rings. The Bertz CT molecular complexity index is 1970. The average Bonchev–Trinajstić information content (AvgIpc) is 3.58. The Morgan fingerprint density at radius 2 is 1.39 bits per heavy atom. The van der Waals surface area contributed by atoms with E-state index in [-0.39, 0.29) is 22.3 Å². The van der Waals surface area contributed by atoms with Gasteiger partial charge >= 0.3 is 6.18 Å². The number of alkyl halides is 3. The zero-order valence-electron chi connectivity index (χ0n) is 25.9. The number of rotatable bonds is 7. The Morgan fingerprint density at radius 3 is 1.96 bits per heavy atom. The molecule has 3 aromatic carbocycles. The quantitative estimate of drug-likeness (QED) is 0.157. The van der Waals surface area contributed by atoms with Crippen molar-refractivity contribution in [2.45, 2.75) is 31.7 Å². The van der Waals surface area contributed by atoms with Crippen LogP contribution >= 0.6 is 0 Å². The molecule has 0 bridgehead atoms. The molecule has 0 spiro atoms. The van der Waals surface area contributed by atoms with Crippen molar-refractivity contribution < 1.29 is 40.9 Å². The summed E-state index contributed by atoms with van der Waals surface area (Å²) in [5, 5.41) is 30.9. The topological polar surface area (TPSA) is 103 Å². The molecular formula is C33H28F7N7O2. The smallest absolute Gasteiger partial charge is 0.384 e. The van der Waals surface area contributed by atoms with Gasteiger partial charge in [-0.05, 0) is 77.4 Å². The monoisotopic (exact) mass is 687 g/mol. The number of aliphatic hydroxyl groups is 2. The number of hydrogen-bond donors (Lipinski definition) is 2. The Morgan fingerprint density at radius 1 is 0.776 bits per heavy atom. The Hall–Kier alpha value is -5.09. The van der Waals surface area contributed by atoms with E-state index < -0.39 is 58.2 Å². The Kier molecular flexibility index (Phi) is 8.79. The van der Waals surface area contributed by atoms with Crippen LogP contribution in [0.3, 0.4) is 0 Å². The molecule has 2 N–H and O–H groups in total. The number of nitrogens with zero attached hydrogens (tertiary/aromatic N) is 7. The third-order valence-corrected chi connectivity index (χ3v) is 8.25. The largest absolute Gasteiger partial charge is 0.418 e. The van der Waals surface area contributed by atoms with Gasteiger partial charge in [-0.3, -0.25) is 0 Å². The fraction of sp³-hybridized carbons (Fsp3) is 0.273. The molecule has 0 saturated carbocycles. The standard InChI is InChI=1S/C33H28F7N7O2/c1-32(2,49)29-28(47-17-41-43-44-47)27(36)26(31(37)42-29)23-10-8-21(16-24(23)22-9-5-19(34)15-25(22)35)46-13-11-45(12-14-46)20-6-3-18(4-7-20)30(48)33(38,39)40/h3-10,15-17,30,48-49H,11-14H2,1-2H3/t30-/m1/s1. The lowest BCUT2D eigenvalue weighted by Crippen LogP contribution is -2.46. The van der Waals surface area contributed by atoms with Gasteiger partial charge in [0.2, 0.25) is 5.95 Å². The maximum Gasteiger partial charge on any atom is 0.418 e. The van der Waals surface area contributed by atoms with E-state index in [1.807, 2.05) is 9.80 Å². The second-order valence-corrected chi connectivity index (χ2v) is 12.0. The highest BCUT2D eigenvalue weighted by Gasteiger charge is 2.39.